The molecule has 0 aliphatic rings. The zero-order chi connectivity index (χ0) is 27.5. The van der Waals surface area contributed by atoms with Crippen LogP contribution in [0.4, 0.5) is 5.69 Å². The van der Waals surface area contributed by atoms with Crippen LogP contribution in [0.1, 0.15) is 38.4 Å². The lowest BCUT2D eigenvalue weighted by Gasteiger charge is -2.24. The molecule has 0 spiro atoms. The molecule has 1 aromatic heterocycles. The minimum atomic E-state index is -2.79. The van der Waals surface area contributed by atoms with Gasteiger partial charge in [0.1, 0.15) is 5.82 Å². The van der Waals surface area contributed by atoms with Crippen LogP contribution in [-0.4, -0.2) is 24.2 Å². The fourth-order valence-corrected chi connectivity index (χ4v) is 5.01. The third kappa shape index (κ3) is 5.79. The van der Waals surface area contributed by atoms with Gasteiger partial charge < -0.3 is 9.12 Å². The summed E-state index contributed by atoms with van der Waals surface area (Å²) in [6.45, 7) is 4.18. The predicted octanol–water partition coefficient (Wildman–Crippen LogP) is 6.20. The Hall–Kier alpha value is -4.22. The molecule has 0 N–H and O–H groups in total. The van der Waals surface area contributed by atoms with Gasteiger partial charge in [-0.1, -0.05) is 65.4 Å². The molecule has 0 aliphatic heterocycles. The minimum Gasteiger partial charge on any atom is -0.755 e. The maximum Gasteiger partial charge on any atom is 0.269 e. The topological polar surface area (TPSA) is 78.3 Å². The summed E-state index contributed by atoms with van der Waals surface area (Å²) in [4.78, 5) is 17.9. The SMILES string of the molecule is Cc1ccc(N(C(=O)c2ccc3nc(C)n(Cc4ccc(C#Cc5ccccc5)cc4Cl)c3c2)S(=O)[O-])cc1. The summed E-state index contributed by atoms with van der Waals surface area (Å²) in [5, 5.41) is 0.565. The van der Waals surface area contributed by atoms with E-state index in [2.05, 4.69) is 16.8 Å². The van der Waals surface area contributed by atoms with E-state index < -0.39 is 17.2 Å². The number of hydrogen-bond acceptors (Lipinski definition) is 4. The number of fused-ring (bicyclic) bond motifs is 1. The Morgan fingerprint density at radius 2 is 1.67 bits per heavy atom. The highest BCUT2D eigenvalue weighted by Crippen LogP contribution is 2.26. The summed E-state index contributed by atoms with van der Waals surface area (Å²) in [6.07, 6.45) is 0. The van der Waals surface area contributed by atoms with E-state index in [9.17, 15) is 13.6 Å². The van der Waals surface area contributed by atoms with Gasteiger partial charge in [-0.25, -0.2) is 9.29 Å². The van der Waals surface area contributed by atoms with Crippen molar-refractivity contribution in [3.63, 3.8) is 0 Å². The zero-order valence-electron chi connectivity index (χ0n) is 21.2. The number of hydrogen-bond donors (Lipinski definition) is 0. The molecule has 0 radical (unpaired) electrons. The third-order valence-corrected chi connectivity index (χ3v) is 7.32. The first kappa shape index (κ1) is 26.4. The summed E-state index contributed by atoms with van der Waals surface area (Å²) in [7, 11) is 0. The first-order valence-electron chi connectivity index (χ1n) is 12.1. The molecule has 1 unspecified atom stereocenters. The molecule has 1 heterocycles. The van der Waals surface area contributed by atoms with Gasteiger partial charge in [-0.15, -0.1) is 0 Å². The molecule has 8 heteroatoms. The summed E-state index contributed by atoms with van der Waals surface area (Å²) in [6, 6.07) is 27.1. The monoisotopic (exact) mass is 552 g/mol. The van der Waals surface area contributed by atoms with Gasteiger partial charge in [-0.05, 0) is 74.0 Å². The number of carbonyl (C=O) groups is 1. The van der Waals surface area contributed by atoms with Crippen LogP contribution in [0.15, 0.2) is 91.0 Å². The van der Waals surface area contributed by atoms with Gasteiger partial charge in [0.05, 0.1) is 34.5 Å². The number of nitrogens with zero attached hydrogens (tertiary/aromatic N) is 3. The largest absolute Gasteiger partial charge is 0.755 e. The van der Waals surface area contributed by atoms with E-state index in [0.29, 0.717) is 22.6 Å². The lowest BCUT2D eigenvalue weighted by Crippen LogP contribution is -2.32. The van der Waals surface area contributed by atoms with Crippen molar-refractivity contribution in [2.24, 2.45) is 0 Å². The Morgan fingerprint density at radius 3 is 2.36 bits per heavy atom. The number of aromatic nitrogens is 2. The fraction of sp³-hybridized carbons (Fsp3) is 0.0968. The smallest absolute Gasteiger partial charge is 0.269 e. The molecule has 1 atom stereocenters. The Balaban J connectivity index is 1.45. The molecule has 0 bridgehead atoms. The van der Waals surface area contributed by atoms with Crippen molar-refractivity contribution in [3.8, 4) is 11.8 Å². The lowest BCUT2D eigenvalue weighted by atomic mass is 10.1. The van der Waals surface area contributed by atoms with E-state index in [-0.39, 0.29) is 11.3 Å². The van der Waals surface area contributed by atoms with Crippen LogP contribution >= 0.6 is 11.6 Å². The Labute approximate surface area is 234 Å². The molecule has 5 rings (SSSR count). The van der Waals surface area contributed by atoms with Crippen LogP contribution in [0.5, 0.6) is 0 Å². The zero-order valence-corrected chi connectivity index (χ0v) is 22.8. The van der Waals surface area contributed by atoms with Crippen LogP contribution in [0.3, 0.4) is 0 Å². The van der Waals surface area contributed by atoms with Gasteiger partial charge in [0.25, 0.3) is 5.91 Å². The molecule has 6 nitrogen and oxygen atoms in total. The van der Waals surface area contributed by atoms with E-state index in [1.54, 1.807) is 42.5 Å². The molecular weight excluding hydrogens is 530 g/mol. The summed E-state index contributed by atoms with van der Waals surface area (Å²) >= 11 is 3.84. The first-order chi connectivity index (χ1) is 18.8. The van der Waals surface area contributed by atoms with Gasteiger partial charge >= 0.3 is 0 Å². The molecule has 0 fully saturated rings. The fourth-order valence-electron chi connectivity index (χ4n) is 4.23. The first-order valence-corrected chi connectivity index (χ1v) is 13.5. The van der Waals surface area contributed by atoms with Gasteiger partial charge in [-0.3, -0.25) is 9.00 Å². The standard InChI is InChI=1S/C31H24ClN3O3S/c1-21-8-15-27(16-9-21)35(39(37)38)31(36)25-14-17-29-30(19-25)34(22(2)33-29)20-26-13-12-24(18-28(26)32)11-10-23-6-4-3-5-7-23/h3-9,12-19H,20H2,1-2H3,(H,37,38)/p-1. The van der Waals surface area contributed by atoms with Gasteiger partial charge in [0, 0.05) is 21.7 Å². The van der Waals surface area contributed by atoms with Gasteiger partial charge in [0.2, 0.25) is 0 Å². The van der Waals surface area contributed by atoms with E-state index in [0.717, 1.165) is 32.4 Å². The molecule has 0 aliphatic carbocycles. The number of anilines is 1. The molecule has 0 saturated heterocycles. The highest BCUT2D eigenvalue weighted by molar-refractivity contribution is 7.81. The second-order valence-corrected chi connectivity index (χ2v) is 10.2. The van der Waals surface area contributed by atoms with Crippen molar-refractivity contribution in [2.75, 3.05) is 4.31 Å². The van der Waals surface area contributed by atoms with Crippen LogP contribution in [-0.2, 0) is 17.8 Å². The molecule has 4 aromatic carbocycles. The Morgan fingerprint density at radius 1 is 0.949 bits per heavy atom. The van der Waals surface area contributed by atoms with Crippen molar-refractivity contribution in [1.82, 2.24) is 9.55 Å². The predicted molar refractivity (Wildman–Crippen MR) is 154 cm³/mol. The summed E-state index contributed by atoms with van der Waals surface area (Å²) in [5.74, 6) is 6.35. The number of carbonyl (C=O) groups excluding carboxylic acids is 1. The van der Waals surface area contributed by atoms with Crippen LogP contribution < -0.4 is 4.31 Å². The maximum absolute atomic E-state index is 13.3. The second-order valence-electron chi connectivity index (χ2n) is 9.02. The molecule has 0 saturated carbocycles. The second kappa shape index (κ2) is 11.3. The van der Waals surface area contributed by atoms with Crippen molar-refractivity contribution in [3.05, 3.63) is 130 Å². The average Bonchev–Trinajstić information content (AvgIpc) is 3.24. The van der Waals surface area contributed by atoms with Crippen LogP contribution in [0.2, 0.25) is 5.02 Å². The average molecular weight is 553 g/mol. The number of rotatable bonds is 5. The van der Waals surface area contributed by atoms with Crippen molar-refractivity contribution < 1.29 is 13.6 Å². The highest BCUT2D eigenvalue weighted by Gasteiger charge is 2.21. The Bertz CT molecular complexity index is 1770. The normalized spacial score (nSPS) is 11.6. The molecule has 194 valence electrons. The highest BCUT2D eigenvalue weighted by atomic mass is 35.5. The molecule has 39 heavy (non-hydrogen) atoms. The minimum absolute atomic E-state index is 0.228. The number of amides is 1. The van der Waals surface area contributed by atoms with Crippen molar-refractivity contribution in [1.29, 1.82) is 0 Å². The van der Waals surface area contributed by atoms with E-state index in [4.69, 9.17) is 11.6 Å². The van der Waals surface area contributed by atoms with E-state index in [1.165, 1.54) is 0 Å². The number of benzene rings is 4. The lowest BCUT2D eigenvalue weighted by molar-refractivity contribution is 0.100. The summed E-state index contributed by atoms with van der Waals surface area (Å²) in [5.41, 5.74) is 5.43. The number of aryl methyl sites for hydroxylation is 2. The quantitative estimate of drug-likeness (QED) is 0.192. The Kier molecular flexibility index (Phi) is 7.62. The van der Waals surface area contributed by atoms with E-state index >= 15 is 0 Å². The third-order valence-electron chi connectivity index (χ3n) is 6.29. The number of halogens is 1. The molecular formula is C31H23ClN3O3S-. The maximum atomic E-state index is 13.3. The summed E-state index contributed by atoms with van der Waals surface area (Å²) < 4.78 is 26.8. The van der Waals surface area contributed by atoms with Crippen molar-refractivity contribution >= 4 is 45.5 Å². The van der Waals surface area contributed by atoms with Crippen LogP contribution in [0, 0.1) is 25.7 Å². The molecule has 1 amide bonds. The van der Waals surface area contributed by atoms with Gasteiger partial charge in [0.15, 0.2) is 0 Å². The van der Waals surface area contributed by atoms with Crippen LogP contribution in [0.25, 0.3) is 11.0 Å². The van der Waals surface area contributed by atoms with Gasteiger partial charge in [-0.2, -0.15) is 0 Å². The molecule has 5 aromatic rings. The van der Waals surface area contributed by atoms with Crippen molar-refractivity contribution in [2.45, 2.75) is 20.4 Å². The number of imidazole rings is 1. The van der Waals surface area contributed by atoms with E-state index in [1.807, 2.05) is 66.9 Å².